The zero-order chi connectivity index (χ0) is 30.7. The quantitative estimate of drug-likeness (QED) is 0.222. The van der Waals surface area contributed by atoms with Crippen LogP contribution in [0.2, 0.25) is 0 Å². The van der Waals surface area contributed by atoms with Gasteiger partial charge in [0, 0.05) is 51.0 Å². The molecule has 0 amide bonds. The summed E-state index contributed by atoms with van der Waals surface area (Å²) < 4.78 is 11.0. The van der Waals surface area contributed by atoms with Crippen molar-refractivity contribution in [2.75, 3.05) is 27.3 Å². The number of pyridine rings is 4. The number of rotatable bonds is 8. The summed E-state index contributed by atoms with van der Waals surface area (Å²) in [7, 11) is 2.59. The van der Waals surface area contributed by atoms with E-state index < -0.39 is 41.0 Å². The van der Waals surface area contributed by atoms with Crippen molar-refractivity contribution in [1.29, 1.82) is 0 Å². The molecule has 4 aromatic heterocycles. The second-order valence-electron chi connectivity index (χ2n) is 11.2. The van der Waals surface area contributed by atoms with Gasteiger partial charge in [-0.05, 0) is 48.5 Å². The van der Waals surface area contributed by atoms with Gasteiger partial charge in [0.25, 0.3) is 0 Å². The second kappa shape index (κ2) is 13.5. The molecule has 45 heavy (non-hydrogen) atoms. The van der Waals surface area contributed by atoms with Crippen LogP contribution >= 0.6 is 0 Å². The molecule has 235 valence electrons. The van der Waals surface area contributed by atoms with Crippen LogP contribution in [0.25, 0.3) is 0 Å². The molecule has 12 heteroatoms. The molecule has 2 aliphatic rings. The zero-order valence-electron chi connectivity index (χ0n) is 24.9. The van der Waals surface area contributed by atoms with E-state index in [1.807, 2.05) is 70.5 Å². The monoisotopic (exact) mass is 658 g/mol. The van der Waals surface area contributed by atoms with Crippen molar-refractivity contribution in [3.63, 3.8) is 0 Å². The van der Waals surface area contributed by atoms with Crippen LogP contribution in [-0.4, -0.2) is 80.2 Å². The van der Waals surface area contributed by atoms with Gasteiger partial charge in [-0.1, -0.05) is 24.3 Å². The van der Waals surface area contributed by atoms with Gasteiger partial charge in [0.1, 0.15) is 10.8 Å². The Morgan fingerprint density at radius 3 is 1.51 bits per heavy atom. The van der Waals surface area contributed by atoms with E-state index >= 15 is 0 Å². The van der Waals surface area contributed by atoms with E-state index in [1.54, 1.807) is 36.9 Å². The Hall–Kier alpha value is -4.06. The standard InChI is InChI=1S/C33H34N6O5.Cu/c1-43-30(41)32-21-38(19-23-11-3-7-15-34-23)22-33(29(32)40,31(42)44-2)28(26-14-6-10-18-37-26)39(20-24-12-4-8-16-35-24)27(32)25-13-5-9-17-36-25;/h3-18,27-29,40H,19-22H2,1-2H3;/q;+2/i;1+0. The van der Waals surface area contributed by atoms with Gasteiger partial charge in [0.2, 0.25) is 0 Å². The van der Waals surface area contributed by atoms with Crippen LogP contribution in [0.5, 0.6) is 0 Å². The minimum Gasteiger partial charge on any atom is -0.468 e. The second-order valence-corrected chi connectivity index (χ2v) is 11.2. The van der Waals surface area contributed by atoms with Crippen molar-refractivity contribution < 1.29 is 41.2 Å². The minimum atomic E-state index is -1.68. The molecule has 0 spiro atoms. The summed E-state index contributed by atoms with van der Waals surface area (Å²) in [5.41, 5.74) is -0.835. The number of carbonyl (C=O) groups is 2. The minimum absolute atomic E-state index is 0. The van der Waals surface area contributed by atoms with E-state index in [0.717, 1.165) is 5.69 Å². The number of nitrogens with zero attached hydrogens (tertiary/aromatic N) is 6. The number of aliphatic hydroxyl groups is 1. The Morgan fingerprint density at radius 2 is 1.13 bits per heavy atom. The maximum atomic E-state index is 14.3. The van der Waals surface area contributed by atoms with Crippen LogP contribution in [0, 0.1) is 10.8 Å². The first-order valence-corrected chi connectivity index (χ1v) is 14.4. The smallest absolute Gasteiger partial charge is 0.468 e. The first-order valence-electron chi connectivity index (χ1n) is 14.4. The number of ether oxygens (including phenoxy) is 2. The SMILES string of the molecule is COC(=O)C12CN(Cc3ccccn3)CC(C(=O)OC)(C(c3ccccn3)N(Cc3ccccn3)C1c1ccccn1)C2O.[64Cu+2]. The topological polar surface area (TPSA) is 131 Å². The fourth-order valence-corrected chi connectivity index (χ4v) is 7.23. The number of aromatic nitrogens is 4. The third-order valence-corrected chi connectivity index (χ3v) is 8.83. The molecular formula is C33H34CuN6O5+2. The van der Waals surface area contributed by atoms with E-state index in [2.05, 4.69) is 9.97 Å². The third-order valence-electron chi connectivity index (χ3n) is 8.83. The van der Waals surface area contributed by atoms with Crippen molar-refractivity contribution in [2.24, 2.45) is 10.8 Å². The summed E-state index contributed by atoms with van der Waals surface area (Å²) >= 11 is 0. The predicted molar refractivity (Wildman–Crippen MR) is 158 cm³/mol. The third kappa shape index (κ3) is 5.53. The van der Waals surface area contributed by atoms with Gasteiger partial charge in [-0.3, -0.25) is 39.3 Å². The molecule has 6 heterocycles. The molecule has 0 aliphatic carbocycles. The van der Waals surface area contributed by atoms with Gasteiger partial charge in [-0.25, -0.2) is 0 Å². The summed E-state index contributed by atoms with van der Waals surface area (Å²) in [4.78, 5) is 51.2. The van der Waals surface area contributed by atoms with E-state index in [-0.39, 0.29) is 36.7 Å². The molecule has 2 saturated heterocycles. The van der Waals surface area contributed by atoms with E-state index in [4.69, 9.17) is 19.4 Å². The number of likely N-dealkylation sites (tertiary alicyclic amines) is 2. The van der Waals surface area contributed by atoms with Crippen molar-refractivity contribution in [3.8, 4) is 0 Å². The summed E-state index contributed by atoms with van der Waals surface area (Å²) in [5.74, 6) is -1.32. The molecule has 2 bridgehead atoms. The molecule has 1 radical (unpaired) electrons. The van der Waals surface area contributed by atoms with Crippen LogP contribution < -0.4 is 0 Å². The maximum absolute atomic E-state index is 14.3. The molecule has 4 aromatic rings. The average Bonchev–Trinajstić information content (AvgIpc) is 3.07. The summed E-state index contributed by atoms with van der Waals surface area (Å²) in [6, 6.07) is 20.4. The number of hydrogen-bond donors (Lipinski definition) is 1. The molecule has 2 fully saturated rings. The van der Waals surface area contributed by atoms with E-state index in [1.165, 1.54) is 14.2 Å². The number of fused-ring (bicyclic) bond motifs is 2. The van der Waals surface area contributed by atoms with Crippen LogP contribution in [0.1, 0.15) is 34.9 Å². The van der Waals surface area contributed by atoms with Crippen molar-refractivity contribution in [2.45, 2.75) is 31.3 Å². The van der Waals surface area contributed by atoms with Gasteiger partial charge in [0.05, 0.1) is 55.2 Å². The van der Waals surface area contributed by atoms with Gasteiger partial charge in [-0.2, -0.15) is 0 Å². The normalized spacial score (nSPS) is 26.3. The Balaban J connectivity index is 0.00000400. The fraction of sp³-hybridized carbons (Fsp3) is 0.333. The van der Waals surface area contributed by atoms with Crippen LogP contribution in [0.15, 0.2) is 97.6 Å². The fourth-order valence-electron chi connectivity index (χ4n) is 7.23. The molecule has 4 atom stereocenters. The Bertz CT molecular complexity index is 1510. The summed E-state index contributed by atoms with van der Waals surface area (Å²) in [6.45, 7) is 0.652. The molecule has 11 nitrogen and oxygen atoms in total. The van der Waals surface area contributed by atoms with Crippen LogP contribution in [-0.2, 0) is 49.2 Å². The number of esters is 2. The van der Waals surface area contributed by atoms with Gasteiger partial charge >= 0.3 is 29.0 Å². The maximum Gasteiger partial charge on any atom is 2.00 e. The summed E-state index contributed by atoms with van der Waals surface area (Å²) in [6.07, 6.45) is 5.16. The number of aliphatic hydroxyl groups excluding tert-OH is 1. The zero-order valence-corrected chi connectivity index (χ0v) is 25.8. The van der Waals surface area contributed by atoms with E-state index in [0.29, 0.717) is 23.6 Å². The Kier molecular flexibility index (Phi) is 9.71. The van der Waals surface area contributed by atoms with Crippen molar-refractivity contribution >= 4 is 11.9 Å². The molecule has 0 aromatic carbocycles. The van der Waals surface area contributed by atoms with Gasteiger partial charge < -0.3 is 14.6 Å². The van der Waals surface area contributed by atoms with Gasteiger partial charge in [-0.15, -0.1) is 0 Å². The van der Waals surface area contributed by atoms with E-state index in [9.17, 15) is 14.7 Å². The molecule has 1 N–H and O–H groups in total. The van der Waals surface area contributed by atoms with Crippen LogP contribution in [0.4, 0.5) is 0 Å². The first-order chi connectivity index (χ1) is 21.5. The van der Waals surface area contributed by atoms with Crippen molar-refractivity contribution in [3.05, 3.63) is 120 Å². The molecule has 6 rings (SSSR count). The number of methoxy groups -OCH3 is 2. The first kappa shape index (κ1) is 32.3. The molecule has 2 aliphatic heterocycles. The molecule has 0 saturated carbocycles. The molecule has 4 unspecified atom stereocenters. The number of carbonyl (C=O) groups excluding carboxylic acids is 2. The van der Waals surface area contributed by atoms with Gasteiger partial charge in [0.15, 0.2) is 0 Å². The predicted octanol–water partition coefficient (Wildman–Crippen LogP) is 2.76. The average molecular weight is 659 g/mol. The molecular weight excluding hydrogens is 624 g/mol. The van der Waals surface area contributed by atoms with Crippen LogP contribution in [0.3, 0.4) is 0 Å². The largest absolute Gasteiger partial charge is 2.00 e. The Labute approximate surface area is 272 Å². The van der Waals surface area contributed by atoms with Crippen molar-refractivity contribution in [1.82, 2.24) is 29.7 Å². The number of hydrogen-bond acceptors (Lipinski definition) is 11. The number of piperidine rings is 2. The summed E-state index contributed by atoms with van der Waals surface area (Å²) in [5, 5.41) is 12.7. The Morgan fingerprint density at radius 1 is 0.711 bits per heavy atom.